The number of anilines is 1. The molecule has 2 amide bonds. The zero-order chi connectivity index (χ0) is 17.6. The summed E-state index contributed by atoms with van der Waals surface area (Å²) in [5.41, 5.74) is 5.81. The maximum absolute atomic E-state index is 12.5. The summed E-state index contributed by atoms with van der Waals surface area (Å²) >= 11 is 0. The van der Waals surface area contributed by atoms with E-state index in [-0.39, 0.29) is 6.03 Å². The minimum Gasteiger partial charge on any atom is -0.383 e. The highest BCUT2D eigenvalue weighted by molar-refractivity contribution is 5.90. The molecule has 0 unspecified atom stereocenters. The lowest BCUT2D eigenvalue weighted by atomic mass is 10.1. The number of nitrogens with zero attached hydrogens (tertiary/aromatic N) is 2. The van der Waals surface area contributed by atoms with Gasteiger partial charge in [-0.15, -0.1) is 0 Å². The lowest BCUT2D eigenvalue weighted by molar-refractivity contribution is 0.156. The van der Waals surface area contributed by atoms with Crippen molar-refractivity contribution < 1.29 is 9.53 Å². The molecule has 0 aromatic heterocycles. The first-order valence-electron chi connectivity index (χ1n) is 8.36. The number of carbonyl (C=O) groups excluding carboxylic acids is 1. The molecule has 0 spiro atoms. The van der Waals surface area contributed by atoms with Gasteiger partial charge in [0.05, 0.1) is 19.1 Å². The third-order valence-electron chi connectivity index (χ3n) is 4.39. The Kier molecular flexibility index (Phi) is 5.32. The fourth-order valence-electron chi connectivity index (χ4n) is 3.13. The molecule has 0 bridgehead atoms. The van der Waals surface area contributed by atoms with Crippen LogP contribution in [0.15, 0.2) is 42.5 Å². The van der Waals surface area contributed by atoms with Crippen LogP contribution in [0.2, 0.25) is 0 Å². The Morgan fingerprint density at radius 3 is 2.80 bits per heavy atom. The Hall–Kier alpha value is -2.84. The Bertz CT molecular complexity index is 811. The van der Waals surface area contributed by atoms with Gasteiger partial charge < -0.3 is 15.0 Å². The number of amides is 2. The van der Waals surface area contributed by atoms with Crippen molar-refractivity contribution in [1.82, 2.24) is 4.90 Å². The number of nitrogens with one attached hydrogen (secondary N) is 1. The zero-order valence-electron chi connectivity index (χ0n) is 14.3. The van der Waals surface area contributed by atoms with E-state index in [0.29, 0.717) is 26.1 Å². The summed E-state index contributed by atoms with van der Waals surface area (Å²) in [6, 6.07) is 16.3. The highest BCUT2D eigenvalue weighted by Gasteiger charge is 2.19. The van der Waals surface area contributed by atoms with Crippen LogP contribution in [0.3, 0.4) is 0 Å². The molecular weight excluding hydrogens is 314 g/mol. The molecule has 2 aromatic rings. The van der Waals surface area contributed by atoms with Crippen LogP contribution in [0.1, 0.15) is 17.5 Å². The van der Waals surface area contributed by atoms with E-state index in [0.717, 1.165) is 12.1 Å². The molecule has 5 nitrogen and oxygen atoms in total. The van der Waals surface area contributed by atoms with E-state index in [1.165, 1.54) is 22.3 Å². The normalized spacial score (nSPS) is 11.4. The minimum absolute atomic E-state index is 0.206. The number of methoxy groups -OCH3 is 1. The molecule has 0 saturated carbocycles. The van der Waals surface area contributed by atoms with E-state index in [1.54, 1.807) is 12.0 Å². The molecule has 128 valence electrons. The summed E-state index contributed by atoms with van der Waals surface area (Å²) in [5, 5.41) is 11.7. The zero-order valence-corrected chi connectivity index (χ0v) is 14.3. The van der Waals surface area contributed by atoms with Crippen LogP contribution in [-0.2, 0) is 11.2 Å². The Morgan fingerprint density at radius 1 is 1.20 bits per heavy atom. The van der Waals surface area contributed by atoms with E-state index in [2.05, 4.69) is 35.7 Å². The molecule has 3 rings (SSSR count). The first-order chi connectivity index (χ1) is 12.2. The van der Waals surface area contributed by atoms with Gasteiger partial charge in [-0.2, -0.15) is 5.26 Å². The van der Waals surface area contributed by atoms with E-state index >= 15 is 0 Å². The van der Waals surface area contributed by atoms with Crippen molar-refractivity contribution in [3.05, 3.63) is 53.6 Å². The van der Waals surface area contributed by atoms with Crippen molar-refractivity contribution in [3.8, 4) is 17.2 Å². The van der Waals surface area contributed by atoms with Crippen LogP contribution < -0.4 is 5.32 Å². The molecule has 0 aliphatic heterocycles. The summed E-state index contributed by atoms with van der Waals surface area (Å²) in [6.07, 6.45) is 1.19. The average molecular weight is 335 g/mol. The van der Waals surface area contributed by atoms with Crippen molar-refractivity contribution in [3.63, 3.8) is 0 Å². The van der Waals surface area contributed by atoms with Crippen molar-refractivity contribution in [1.29, 1.82) is 5.26 Å². The van der Waals surface area contributed by atoms with Crippen LogP contribution in [-0.4, -0.2) is 37.7 Å². The standard InChI is InChI=1S/C20H21N3O2/c1-25-12-11-23(10-4-9-21)20(24)22-17-7-8-19-16(14-17)13-15-5-2-3-6-18(15)19/h2-3,5-8,14H,4,10-13H2,1H3,(H,22,24). The molecule has 5 heteroatoms. The highest BCUT2D eigenvalue weighted by atomic mass is 16.5. The molecule has 0 heterocycles. The third kappa shape index (κ3) is 3.81. The van der Waals surface area contributed by atoms with Crippen LogP contribution >= 0.6 is 0 Å². The summed E-state index contributed by atoms with van der Waals surface area (Å²) in [7, 11) is 1.60. The number of hydrogen-bond donors (Lipinski definition) is 1. The fraction of sp³-hybridized carbons (Fsp3) is 0.300. The fourth-order valence-corrected chi connectivity index (χ4v) is 3.13. The molecule has 1 aliphatic rings. The van der Waals surface area contributed by atoms with Crippen molar-refractivity contribution in [2.24, 2.45) is 0 Å². The van der Waals surface area contributed by atoms with Gasteiger partial charge in [0.15, 0.2) is 0 Å². The summed E-state index contributed by atoms with van der Waals surface area (Å²) in [4.78, 5) is 14.1. The van der Waals surface area contributed by atoms with Gasteiger partial charge in [-0.1, -0.05) is 30.3 Å². The van der Waals surface area contributed by atoms with E-state index < -0.39 is 0 Å². The van der Waals surface area contributed by atoms with Crippen LogP contribution in [0, 0.1) is 11.3 Å². The number of rotatable bonds is 6. The van der Waals surface area contributed by atoms with E-state index in [9.17, 15) is 4.79 Å². The predicted octanol–water partition coefficient (Wildman–Crippen LogP) is 3.65. The van der Waals surface area contributed by atoms with Crippen molar-refractivity contribution in [2.75, 3.05) is 32.1 Å². The lowest BCUT2D eigenvalue weighted by Crippen LogP contribution is -2.38. The molecule has 25 heavy (non-hydrogen) atoms. The first-order valence-corrected chi connectivity index (χ1v) is 8.36. The number of urea groups is 1. The number of fused-ring (bicyclic) bond motifs is 3. The van der Waals surface area contributed by atoms with Gasteiger partial charge in [0, 0.05) is 25.9 Å². The molecule has 0 atom stereocenters. The predicted molar refractivity (Wildman–Crippen MR) is 97.4 cm³/mol. The van der Waals surface area contributed by atoms with Gasteiger partial charge in [0.2, 0.25) is 0 Å². The van der Waals surface area contributed by atoms with Crippen molar-refractivity contribution >= 4 is 11.7 Å². The van der Waals surface area contributed by atoms with E-state index in [4.69, 9.17) is 10.00 Å². The van der Waals surface area contributed by atoms with Gasteiger partial charge in [0.25, 0.3) is 0 Å². The number of carbonyl (C=O) groups is 1. The van der Waals surface area contributed by atoms with Crippen molar-refractivity contribution in [2.45, 2.75) is 12.8 Å². The summed E-state index contributed by atoms with van der Waals surface area (Å²) in [5.74, 6) is 0. The maximum Gasteiger partial charge on any atom is 0.321 e. The lowest BCUT2D eigenvalue weighted by Gasteiger charge is -2.22. The van der Waals surface area contributed by atoms with Gasteiger partial charge in [0.1, 0.15) is 0 Å². The number of benzene rings is 2. The molecular formula is C20H21N3O2. The smallest absolute Gasteiger partial charge is 0.321 e. The molecule has 0 radical (unpaired) electrons. The molecule has 2 aromatic carbocycles. The summed E-state index contributed by atoms with van der Waals surface area (Å²) < 4.78 is 5.04. The Labute approximate surface area is 147 Å². The maximum atomic E-state index is 12.5. The number of hydrogen-bond acceptors (Lipinski definition) is 3. The Morgan fingerprint density at radius 2 is 2.00 bits per heavy atom. The second kappa shape index (κ2) is 7.82. The van der Waals surface area contributed by atoms with Crippen LogP contribution in [0.4, 0.5) is 10.5 Å². The first kappa shape index (κ1) is 17.0. The largest absolute Gasteiger partial charge is 0.383 e. The average Bonchev–Trinajstić information content (AvgIpc) is 2.99. The molecule has 1 aliphatic carbocycles. The monoisotopic (exact) mass is 335 g/mol. The van der Waals surface area contributed by atoms with E-state index in [1.807, 2.05) is 18.2 Å². The van der Waals surface area contributed by atoms with Crippen LogP contribution in [0.25, 0.3) is 11.1 Å². The molecule has 0 fully saturated rings. The molecule has 1 N–H and O–H groups in total. The topological polar surface area (TPSA) is 65.4 Å². The second-order valence-electron chi connectivity index (χ2n) is 6.02. The van der Waals surface area contributed by atoms with Gasteiger partial charge in [-0.3, -0.25) is 0 Å². The van der Waals surface area contributed by atoms with Gasteiger partial charge in [-0.25, -0.2) is 4.79 Å². The minimum atomic E-state index is -0.206. The number of nitriles is 1. The quantitative estimate of drug-likeness (QED) is 0.748. The third-order valence-corrected chi connectivity index (χ3v) is 4.39. The highest BCUT2D eigenvalue weighted by Crippen LogP contribution is 2.37. The van der Waals surface area contributed by atoms with Crippen LogP contribution in [0.5, 0.6) is 0 Å². The number of ether oxygens (including phenoxy) is 1. The van der Waals surface area contributed by atoms with Gasteiger partial charge in [-0.05, 0) is 40.8 Å². The Balaban J connectivity index is 1.72. The SMILES string of the molecule is COCCN(CCC#N)C(=O)Nc1ccc2c(c1)Cc1ccccc1-2. The summed E-state index contributed by atoms with van der Waals surface area (Å²) in [6.45, 7) is 1.29. The van der Waals surface area contributed by atoms with Gasteiger partial charge >= 0.3 is 6.03 Å². The molecule has 0 saturated heterocycles. The second-order valence-corrected chi connectivity index (χ2v) is 6.02.